The highest BCUT2D eigenvalue weighted by molar-refractivity contribution is 6.75. The summed E-state index contributed by atoms with van der Waals surface area (Å²) >= 11 is 0. The van der Waals surface area contributed by atoms with Crippen LogP contribution in [0, 0.1) is 5.92 Å². The van der Waals surface area contributed by atoms with Crippen molar-refractivity contribution in [1.29, 1.82) is 0 Å². The zero-order valence-electron chi connectivity index (χ0n) is 21.8. The van der Waals surface area contributed by atoms with Gasteiger partial charge in [0.25, 0.3) is 0 Å². The molecule has 0 aliphatic carbocycles. The number of carbonyl (C=O) groups is 1. The topological polar surface area (TPSA) is 55.8 Å². The smallest absolute Gasteiger partial charge is 0.306 e. The van der Waals surface area contributed by atoms with Crippen molar-refractivity contribution in [3.8, 4) is 0 Å². The molecular formula is C26H52O4Si. The Balaban J connectivity index is 4.65. The average molecular weight is 457 g/mol. The van der Waals surface area contributed by atoms with Crippen LogP contribution in [-0.2, 0) is 14.0 Å². The zero-order chi connectivity index (χ0) is 24.1. The fraction of sp³-hybridized carbons (Fsp3) is 0.885. The van der Waals surface area contributed by atoms with Gasteiger partial charge in [-0.2, -0.15) is 0 Å². The number of aliphatic hydroxyl groups excluding tert-OH is 1. The Morgan fingerprint density at radius 2 is 1.68 bits per heavy atom. The van der Waals surface area contributed by atoms with Crippen LogP contribution in [0.1, 0.15) is 107 Å². The van der Waals surface area contributed by atoms with Crippen molar-refractivity contribution in [1.82, 2.24) is 0 Å². The lowest BCUT2D eigenvalue weighted by Crippen LogP contribution is -2.44. The molecule has 0 fully saturated rings. The summed E-state index contributed by atoms with van der Waals surface area (Å²) < 4.78 is 12.2. The molecule has 0 saturated heterocycles. The van der Waals surface area contributed by atoms with E-state index in [2.05, 4.69) is 41.2 Å². The number of esters is 1. The molecule has 0 rings (SSSR count). The minimum atomic E-state index is -1.80. The Bertz CT molecular complexity index is 494. The SMILES string of the molecule is C=CC[C@H](O)C[C@H](CC[C@H](C)CCCCC(=O)OC(C)(C)C)O[Si](CC)(CC)C(C)C. The molecule has 0 bridgehead atoms. The summed E-state index contributed by atoms with van der Waals surface area (Å²) in [6.45, 7) is 20.9. The van der Waals surface area contributed by atoms with Crippen molar-refractivity contribution < 1.29 is 19.1 Å². The molecule has 4 nitrogen and oxygen atoms in total. The highest BCUT2D eigenvalue weighted by Crippen LogP contribution is 2.33. The van der Waals surface area contributed by atoms with Gasteiger partial charge in [-0.3, -0.25) is 4.79 Å². The first kappa shape index (κ1) is 30.3. The Morgan fingerprint density at radius 3 is 2.16 bits per heavy atom. The van der Waals surface area contributed by atoms with Crippen molar-refractivity contribution in [3.05, 3.63) is 12.7 Å². The molecule has 184 valence electrons. The van der Waals surface area contributed by atoms with Gasteiger partial charge in [-0.25, -0.2) is 0 Å². The summed E-state index contributed by atoms with van der Waals surface area (Å²) in [6.07, 6.45) is 8.46. The largest absolute Gasteiger partial charge is 0.460 e. The molecule has 0 saturated carbocycles. The van der Waals surface area contributed by atoms with Crippen LogP contribution in [0.5, 0.6) is 0 Å². The van der Waals surface area contributed by atoms with Gasteiger partial charge < -0.3 is 14.3 Å². The lowest BCUT2D eigenvalue weighted by Gasteiger charge is -2.38. The van der Waals surface area contributed by atoms with E-state index in [1.54, 1.807) is 6.08 Å². The van der Waals surface area contributed by atoms with E-state index in [0.29, 0.717) is 30.7 Å². The second-order valence-corrected chi connectivity index (χ2v) is 15.5. The maximum absolute atomic E-state index is 11.9. The van der Waals surface area contributed by atoms with Crippen molar-refractivity contribution in [2.75, 3.05) is 0 Å². The van der Waals surface area contributed by atoms with Crippen LogP contribution in [-0.4, -0.2) is 37.2 Å². The Morgan fingerprint density at radius 1 is 1.06 bits per heavy atom. The molecular weight excluding hydrogens is 404 g/mol. The number of rotatable bonds is 17. The number of ether oxygens (including phenoxy) is 1. The number of unbranched alkanes of at least 4 members (excludes halogenated alkanes) is 1. The quantitative estimate of drug-likeness (QED) is 0.107. The summed E-state index contributed by atoms with van der Waals surface area (Å²) in [5.41, 5.74) is 0.174. The summed E-state index contributed by atoms with van der Waals surface area (Å²) in [7, 11) is -1.80. The fourth-order valence-corrected chi connectivity index (χ4v) is 7.90. The maximum atomic E-state index is 11.9. The second-order valence-electron chi connectivity index (χ2n) is 10.6. The monoisotopic (exact) mass is 456 g/mol. The van der Waals surface area contributed by atoms with Gasteiger partial charge in [0.2, 0.25) is 0 Å². The third-order valence-corrected chi connectivity index (χ3v) is 11.7. The molecule has 0 unspecified atom stereocenters. The van der Waals surface area contributed by atoms with Crippen molar-refractivity contribution in [2.45, 2.75) is 142 Å². The first-order valence-corrected chi connectivity index (χ1v) is 15.0. The molecule has 0 amide bonds. The molecule has 0 aliphatic rings. The van der Waals surface area contributed by atoms with E-state index in [4.69, 9.17) is 9.16 Å². The minimum Gasteiger partial charge on any atom is -0.460 e. The van der Waals surface area contributed by atoms with E-state index >= 15 is 0 Å². The van der Waals surface area contributed by atoms with E-state index in [-0.39, 0.29) is 18.2 Å². The van der Waals surface area contributed by atoms with Crippen LogP contribution in [0.3, 0.4) is 0 Å². The molecule has 0 radical (unpaired) electrons. The predicted molar refractivity (Wildman–Crippen MR) is 135 cm³/mol. The number of hydrogen-bond acceptors (Lipinski definition) is 4. The molecule has 5 heteroatoms. The van der Waals surface area contributed by atoms with Gasteiger partial charge in [0, 0.05) is 12.5 Å². The molecule has 0 aromatic heterocycles. The first-order valence-electron chi connectivity index (χ1n) is 12.6. The van der Waals surface area contributed by atoms with Crippen LogP contribution < -0.4 is 0 Å². The van der Waals surface area contributed by atoms with Gasteiger partial charge in [-0.1, -0.05) is 53.5 Å². The normalized spacial score (nSPS) is 15.5. The van der Waals surface area contributed by atoms with Gasteiger partial charge in [0.15, 0.2) is 8.32 Å². The minimum absolute atomic E-state index is 0.0982. The second kappa shape index (κ2) is 15.2. The van der Waals surface area contributed by atoms with Crippen molar-refractivity contribution >= 4 is 14.3 Å². The summed E-state index contributed by atoms with van der Waals surface area (Å²) in [6, 6.07) is 2.24. The summed E-state index contributed by atoms with van der Waals surface area (Å²) in [4.78, 5) is 11.9. The van der Waals surface area contributed by atoms with E-state index in [1.807, 2.05) is 20.8 Å². The molecule has 0 heterocycles. The van der Waals surface area contributed by atoms with Gasteiger partial charge in [0.1, 0.15) is 5.60 Å². The maximum Gasteiger partial charge on any atom is 0.306 e. The third kappa shape index (κ3) is 13.5. The third-order valence-electron chi connectivity index (χ3n) is 6.35. The van der Waals surface area contributed by atoms with E-state index in [0.717, 1.165) is 44.2 Å². The lowest BCUT2D eigenvalue weighted by atomic mass is 9.95. The van der Waals surface area contributed by atoms with Crippen molar-refractivity contribution in [2.24, 2.45) is 5.92 Å². The van der Waals surface area contributed by atoms with E-state index in [1.165, 1.54) is 0 Å². The van der Waals surface area contributed by atoms with Crippen LogP contribution in [0.2, 0.25) is 17.6 Å². The number of carbonyl (C=O) groups excluding carboxylic acids is 1. The van der Waals surface area contributed by atoms with Gasteiger partial charge in [-0.15, -0.1) is 6.58 Å². The zero-order valence-corrected chi connectivity index (χ0v) is 22.8. The Kier molecular flexibility index (Phi) is 14.9. The van der Waals surface area contributed by atoms with Crippen molar-refractivity contribution in [3.63, 3.8) is 0 Å². The Hall–Kier alpha value is -0.653. The summed E-state index contributed by atoms with van der Waals surface area (Å²) in [5.74, 6) is 0.485. The fourth-order valence-electron chi connectivity index (χ4n) is 4.29. The standard InChI is InChI=1S/C26H52O4Si/c1-10-15-23(27)20-24(30-31(11-2,12-3)21(4)5)19-18-22(6)16-13-14-17-25(28)29-26(7,8)9/h10,21-24,27H,1,11-20H2,2-9H3/t22-,23+,24+/m1/s1. The molecule has 3 atom stereocenters. The van der Waals surface area contributed by atoms with Crippen LogP contribution in [0.15, 0.2) is 12.7 Å². The Labute approximate surface area is 194 Å². The van der Waals surface area contributed by atoms with Gasteiger partial charge in [0.05, 0.1) is 6.10 Å². The lowest BCUT2D eigenvalue weighted by molar-refractivity contribution is -0.154. The van der Waals surface area contributed by atoms with Gasteiger partial charge in [-0.05, 0) is 76.4 Å². The predicted octanol–water partition coefficient (Wildman–Crippen LogP) is 7.41. The molecule has 0 aromatic carbocycles. The average Bonchev–Trinajstić information content (AvgIpc) is 2.66. The molecule has 0 aliphatic heterocycles. The van der Waals surface area contributed by atoms with Crippen LogP contribution in [0.25, 0.3) is 0 Å². The number of hydrogen-bond donors (Lipinski definition) is 1. The van der Waals surface area contributed by atoms with Crippen LogP contribution in [0.4, 0.5) is 0 Å². The first-order chi connectivity index (χ1) is 14.4. The van der Waals surface area contributed by atoms with E-state index in [9.17, 15) is 9.90 Å². The van der Waals surface area contributed by atoms with Crippen LogP contribution >= 0.6 is 0 Å². The molecule has 1 N–H and O–H groups in total. The van der Waals surface area contributed by atoms with Gasteiger partial charge >= 0.3 is 5.97 Å². The highest BCUT2D eigenvalue weighted by Gasteiger charge is 2.37. The molecule has 0 spiro atoms. The number of aliphatic hydroxyl groups is 1. The van der Waals surface area contributed by atoms with E-state index < -0.39 is 13.9 Å². The molecule has 31 heavy (non-hydrogen) atoms. The summed E-state index contributed by atoms with van der Waals surface area (Å²) in [5, 5.41) is 10.4. The molecule has 0 aromatic rings. The highest BCUT2D eigenvalue weighted by atomic mass is 28.4.